The van der Waals surface area contributed by atoms with Gasteiger partial charge in [-0.15, -0.1) is 0 Å². The summed E-state index contributed by atoms with van der Waals surface area (Å²) in [6.45, 7) is 0. The molecule has 0 aliphatic carbocycles. The van der Waals surface area contributed by atoms with Crippen LogP contribution in [0.3, 0.4) is 0 Å². The summed E-state index contributed by atoms with van der Waals surface area (Å²) >= 11 is 0. The number of hydrogen-bond acceptors (Lipinski definition) is 2. The van der Waals surface area contributed by atoms with Crippen LogP contribution in [-0.4, -0.2) is 17.5 Å². The van der Waals surface area contributed by atoms with Crippen molar-refractivity contribution in [2.45, 2.75) is 18.5 Å². The molecule has 0 radical (unpaired) electrons. The van der Waals surface area contributed by atoms with Gasteiger partial charge in [0.1, 0.15) is 23.3 Å². The average molecular weight is 316 g/mol. The first kappa shape index (κ1) is 15.6. The first-order valence-electron chi connectivity index (χ1n) is 5.50. The van der Waals surface area contributed by atoms with E-state index in [2.05, 4.69) is 0 Å². The second-order valence-corrected chi connectivity index (χ2v) is 4.34. The molecule has 116 valence electrons. The Kier molecular flexibility index (Phi) is 3.64. The van der Waals surface area contributed by atoms with Gasteiger partial charge in [-0.1, -0.05) is 0 Å². The van der Waals surface area contributed by atoms with Crippen molar-refractivity contribution in [1.29, 1.82) is 0 Å². The van der Waals surface area contributed by atoms with E-state index in [1.807, 2.05) is 0 Å². The highest BCUT2D eigenvalue weighted by Gasteiger charge is 2.61. The van der Waals surface area contributed by atoms with Crippen molar-refractivity contribution < 1.29 is 40.3 Å². The standard InChI is InChI=1S/C12H7F7O2/c13-6-1-2-7-5(3-6)4-8(21-7)9(20)10(11(14,15)16)12(17,18)19/h1-4,9-10,20H. The van der Waals surface area contributed by atoms with Crippen molar-refractivity contribution in [3.8, 4) is 0 Å². The lowest BCUT2D eigenvalue weighted by atomic mass is 9.99. The molecule has 1 aromatic heterocycles. The van der Waals surface area contributed by atoms with E-state index in [-0.39, 0.29) is 11.0 Å². The van der Waals surface area contributed by atoms with Gasteiger partial charge in [0.15, 0.2) is 5.92 Å². The summed E-state index contributed by atoms with van der Waals surface area (Å²) in [7, 11) is 0. The summed E-state index contributed by atoms with van der Waals surface area (Å²) in [5, 5.41) is 9.35. The monoisotopic (exact) mass is 316 g/mol. The van der Waals surface area contributed by atoms with Gasteiger partial charge in [-0.25, -0.2) is 4.39 Å². The Bertz CT molecular complexity index is 627. The van der Waals surface area contributed by atoms with E-state index >= 15 is 0 Å². The van der Waals surface area contributed by atoms with Crippen molar-refractivity contribution in [1.82, 2.24) is 0 Å². The van der Waals surface area contributed by atoms with E-state index in [1.54, 1.807) is 0 Å². The van der Waals surface area contributed by atoms with Crippen LogP contribution < -0.4 is 0 Å². The smallest absolute Gasteiger partial charge is 0.403 e. The Morgan fingerprint density at radius 2 is 1.52 bits per heavy atom. The van der Waals surface area contributed by atoms with Gasteiger partial charge in [-0.05, 0) is 24.3 Å². The SMILES string of the molecule is OC(c1cc2cc(F)ccc2o1)C(C(F)(F)F)C(F)(F)F. The number of rotatable bonds is 2. The fourth-order valence-corrected chi connectivity index (χ4v) is 1.89. The molecule has 0 aliphatic rings. The van der Waals surface area contributed by atoms with Gasteiger partial charge in [0, 0.05) is 5.39 Å². The van der Waals surface area contributed by atoms with Gasteiger partial charge >= 0.3 is 12.4 Å². The number of halogens is 7. The normalized spacial score (nSPS) is 14.9. The summed E-state index contributed by atoms with van der Waals surface area (Å²) in [6, 6.07) is 3.57. The number of fused-ring (bicyclic) bond motifs is 1. The van der Waals surface area contributed by atoms with Gasteiger partial charge in [-0.2, -0.15) is 26.3 Å². The van der Waals surface area contributed by atoms with E-state index in [4.69, 9.17) is 4.42 Å². The highest BCUT2D eigenvalue weighted by Crippen LogP contribution is 2.47. The molecule has 2 aromatic rings. The third-order valence-electron chi connectivity index (χ3n) is 2.81. The van der Waals surface area contributed by atoms with E-state index in [9.17, 15) is 35.8 Å². The second-order valence-electron chi connectivity index (χ2n) is 4.34. The predicted molar refractivity (Wildman–Crippen MR) is 56.7 cm³/mol. The molecule has 1 heterocycles. The second kappa shape index (κ2) is 4.90. The summed E-state index contributed by atoms with van der Waals surface area (Å²) < 4.78 is 92.6. The van der Waals surface area contributed by atoms with Gasteiger partial charge in [0.2, 0.25) is 0 Å². The van der Waals surface area contributed by atoms with Crippen LogP contribution in [0.25, 0.3) is 11.0 Å². The molecule has 9 heteroatoms. The van der Waals surface area contributed by atoms with Gasteiger partial charge < -0.3 is 9.52 Å². The molecule has 0 saturated carbocycles. The van der Waals surface area contributed by atoms with Crippen LogP contribution in [0.4, 0.5) is 30.7 Å². The van der Waals surface area contributed by atoms with Crippen molar-refractivity contribution in [2.75, 3.05) is 0 Å². The fraction of sp³-hybridized carbons (Fsp3) is 0.333. The summed E-state index contributed by atoms with van der Waals surface area (Å²) in [4.78, 5) is 0. The molecule has 2 rings (SSSR count). The molecule has 21 heavy (non-hydrogen) atoms. The van der Waals surface area contributed by atoms with Gasteiger partial charge in [0.25, 0.3) is 0 Å². The molecule has 1 atom stereocenters. The fourth-order valence-electron chi connectivity index (χ4n) is 1.89. The Labute approximate surface area is 112 Å². The molecule has 0 aliphatic heterocycles. The summed E-state index contributed by atoms with van der Waals surface area (Å²) in [5.74, 6) is -5.67. The number of hydrogen-bond donors (Lipinski definition) is 1. The molecular formula is C12H7F7O2. The molecule has 2 nitrogen and oxygen atoms in total. The van der Waals surface area contributed by atoms with Crippen LogP contribution in [0.15, 0.2) is 28.7 Å². The minimum absolute atomic E-state index is 0.0489. The zero-order valence-corrected chi connectivity index (χ0v) is 9.97. The number of aliphatic hydroxyl groups is 1. The maximum absolute atomic E-state index is 12.9. The van der Waals surface area contributed by atoms with Crippen molar-refractivity contribution in [3.05, 3.63) is 35.8 Å². The molecule has 0 bridgehead atoms. The summed E-state index contributed by atoms with van der Waals surface area (Å²) in [5.41, 5.74) is -0.131. The Hall–Kier alpha value is -1.77. The molecule has 1 N–H and O–H groups in total. The summed E-state index contributed by atoms with van der Waals surface area (Å²) in [6.07, 6.45) is -14.4. The van der Waals surface area contributed by atoms with Crippen LogP contribution in [0.2, 0.25) is 0 Å². The lowest BCUT2D eigenvalue weighted by Crippen LogP contribution is -2.40. The molecule has 0 saturated heterocycles. The number of furan rings is 1. The van der Waals surface area contributed by atoms with Crippen LogP contribution in [0.5, 0.6) is 0 Å². The first-order chi connectivity index (χ1) is 9.50. The molecule has 1 unspecified atom stereocenters. The quantitative estimate of drug-likeness (QED) is 0.836. The molecule has 0 amide bonds. The largest absolute Gasteiger partial charge is 0.458 e. The third kappa shape index (κ3) is 3.12. The van der Waals surface area contributed by atoms with Crippen molar-refractivity contribution >= 4 is 11.0 Å². The number of benzene rings is 1. The van der Waals surface area contributed by atoms with E-state index < -0.39 is 36.0 Å². The molecule has 0 fully saturated rings. The van der Waals surface area contributed by atoms with Crippen molar-refractivity contribution in [3.63, 3.8) is 0 Å². The van der Waals surface area contributed by atoms with E-state index in [0.29, 0.717) is 0 Å². The zero-order valence-electron chi connectivity index (χ0n) is 9.97. The van der Waals surface area contributed by atoms with Crippen LogP contribution >= 0.6 is 0 Å². The number of alkyl halides is 6. The van der Waals surface area contributed by atoms with Crippen molar-refractivity contribution in [2.24, 2.45) is 5.92 Å². The van der Waals surface area contributed by atoms with Crippen LogP contribution in [0, 0.1) is 11.7 Å². The topological polar surface area (TPSA) is 33.4 Å². The highest BCUT2D eigenvalue weighted by atomic mass is 19.4. The predicted octanol–water partition coefficient (Wildman–Crippen LogP) is 4.35. The zero-order chi connectivity index (χ0) is 16.0. The van der Waals surface area contributed by atoms with E-state index in [1.165, 1.54) is 0 Å². The third-order valence-corrected chi connectivity index (χ3v) is 2.81. The minimum Gasteiger partial charge on any atom is -0.458 e. The average Bonchev–Trinajstić information content (AvgIpc) is 2.67. The highest BCUT2D eigenvalue weighted by molar-refractivity contribution is 5.77. The van der Waals surface area contributed by atoms with Crippen LogP contribution in [-0.2, 0) is 0 Å². The first-order valence-corrected chi connectivity index (χ1v) is 5.50. The Morgan fingerprint density at radius 3 is 2.05 bits per heavy atom. The van der Waals surface area contributed by atoms with E-state index in [0.717, 1.165) is 24.3 Å². The maximum atomic E-state index is 12.9. The maximum Gasteiger partial charge on any atom is 0.403 e. The lowest BCUT2D eigenvalue weighted by molar-refractivity contribution is -0.309. The lowest BCUT2D eigenvalue weighted by Gasteiger charge is -2.26. The molecule has 1 aromatic carbocycles. The Morgan fingerprint density at radius 1 is 0.952 bits per heavy atom. The van der Waals surface area contributed by atoms with Gasteiger partial charge in [-0.3, -0.25) is 0 Å². The van der Waals surface area contributed by atoms with Gasteiger partial charge in [0.05, 0.1) is 0 Å². The minimum atomic E-state index is -5.71. The number of aliphatic hydroxyl groups excluding tert-OH is 1. The van der Waals surface area contributed by atoms with Crippen LogP contribution in [0.1, 0.15) is 11.9 Å². The Balaban J connectivity index is 2.46. The molecular weight excluding hydrogens is 309 g/mol. The molecule has 0 spiro atoms.